The highest BCUT2D eigenvalue weighted by Crippen LogP contribution is 2.28. The molecule has 26 heavy (non-hydrogen) atoms. The molecule has 1 aromatic heterocycles. The third-order valence-electron chi connectivity index (χ3n) is 3.67. The number of benzene rings is 2. The van der Waals surface area contributed by atoms with Crippen LogP contribution < -0.4 is 10.1 Å². The molecule has 1 unspecified atom stereocenters. The third kappa shape index (κ3) is 4.77. The molecule has 1 atom stereocenters. The second-order valence-corrected chi connectivity index (χ2v) is 6.57. The smallest absolute Gasteiger partial charge is 0.265 e. The summed E-state index contributed by atoms with van der Waals surface area (Å²) in [6.07, 6.45) is 2.90. The van der Waals surface area contributed by atoms with Gasteiger partial charge in [-0.3, -0.25) is 9.48 Å². The molecule has 0 aliphatic carbocycles. The van der Waals surface area contributed by atoms with Gasteiger partial charge in [-0.1, -0.05) is 35.3 Å². The van der Waals surface area contributed by atoms with Gasteiger partial charge in [0.05, 0.1) is 11.6 Å². The first kappa shape index (κ1) is 18.3. The minimum atomic E-state index is -0.719. The zero-order valence-corrected chi connectivity index (χ0v) is 15.5. The molecule has 0 fully saturated rings. The first-order valence-corrected chi connectivity index (χ1v) is 8.76. The van der Waals surface area contributed by atoms with Crippen molar-refractivity contribution in [2.45, 2.75) is 19.6 Å². The van der Waals surface area contributed by atoms with Crippen LogP contribution >= 0.6 is 23.2 Å². The predicted octanol–water partition coefficient (Wildman–Crippen LogP) is 4.64. The number of halogens is 2. The molecule has 0 saturated heterocycles. The maximum absolute atomic E-state index is 12.4. The average molecular weight is 390 g/mol. The molecule has 1 heterocycles. The number of nitrogens with one attached hydrogen (secondary N) is 1. The van der Waals surface area contributed by atoms with Crippen LogP contribution in [-0.2, 0) is 11.3 Å². The van der Waals surface area contributed by atoms with E-state index in [4.69, 9.17) is 27.9 Å². The highest BCUT2D eigenvalue weighted by molar-refractivity contribution is 6.35. The summed E-state index contributed by atoms with van der Waals surface area (Å²) < 4.78 is 7.45. The van der Waals surface area contributed by atoms with Crippen LogP contribution in [0, 0.1) is 0 Å². The van der Waals surface area contributed by atoms with Crippen molar-refractivity contribution < 1.29 is 9.53 Å². The van der Waals surface area contributed by atoms with Crippen molar-refractivity contribution in [2.75, 3.05) is 5.32 Å². The Labute approximate surface area is 161 Å². The fourth-order valence-corrected chi connectivity index (χ4v) is 2.84. The zero-order chi connectivity index (χ0) is 18.5. The van der Waals surface area contributed by atoms with E-state index < -0.39 is 6.10 Å². The van der Waals surface area contributed by atoms with E-state index in [0.717, 1.165) is 5.56 Å². The Morgan fingerprint density at radius 2 is 2.08 bits per heavy atom. The van der Waals surface area contributed by atoms with Crippen LogP contribution in [0.4, 0.5) is 5.69 Å². The van der Waals surface area contributed by atoms with E-state index >= 15 is 0 Å². The number of aromatic nitrogens is 2. The van der Waals surface area contributed by atoms with Crippen molar-refractivity contribution in [3.05, 3.63) is 76.5 Å². The average Bonchev–Trinajstić information content (AvgIpc) is 3.10. The number of nitrogens with zero attached hydrogens (tertiary/aromatic N) is 2. The number of rotatable bonds is 6. The van der Waals surface area contributed by atoms with E-state index in [-0.39, 0.29) is 5.91 Å². The Kier molecular flexibility index (Phi) is 5.81. The van der Waals surface area contributed by atoms with Gasteiger partial charge in [0.1, 0.15) is 5.75 Å². The fourth-order valence-electron chi connectivity index (χ4n) is 2.39. The fraction of sp³-hybridized carbons (Fsp3) is 0.158. The molecule has 0 spiro atoms. The first-order chi connectivity index (χ1) is 12.5. The first-order valence-electron chi connectivity index (χ1n) is 8.00. The van der Waals surface area contributed by atoms with Gasteiger partial charge < -0.3 is 10.1 Å². The van der Waals surface area contributed by atoms with Crippen molar-refractivity contribution in [1.82, 2.24) is 9.78 Å². The molecule has 5 nitrogen and oxygen atoms in total. The quantitative estimate of drug-likeness (QED) is 0.667. The third-order valence-corrected chi connectivity index (χ3v) is 4.20. The monoisotopic (exact) mass is 389 g/mol. The molecular formula is C19H17Cl2N3O2. The molecule has 1 amide bonds. The number of hydrogen-bond acceptors (Lipinski definition) is 3. The maximum Gasteiger partial charge on any atom is 0.265 e. The summed E-state index contributed by atoms with van der Waals surface area (Å²) in [5.74, 6) is 0.137. The molecule has 1 N–H and O–H groups in total. The van der Waals surface area contributed by atoms with E-state index in [9.17, 15) is 4.79 Å². The van der Waals surface area contributed by atoms with Gasteiger partial charge in [-0.05, 0) is 48.9 Å². The van der Waals surface area contributed by atoms with Crippen LogP contribution in [0.3, 0.4) is 0 Å². The van der Waals surface area contributed by atoms with E-state index in [1.807, 2.05) is 41.2 Å². The highest BCUT2D eigenvalue weighted by atomic mass is 35.5. The molecule has 134 valence electrons. The van der Waals surface area contributed by atoms with Gasteiger partial charge >= 0.3 is 0 Å². The number of amides is 1. The largest absolute Gasteiger partial charge is 0.479 e. The van der Waals surface area contributed by atoms with Crippen LogP contribution in [0.15, 0.2) is 60.9 Å². The maximum atomic E-state index is 12.4. The lowest BCUT2D eigenvalue weighted by Gasteiger charge is -2.16. The van der Waals surface area contributed by atoms with E-state index in [0.29, 0.717) is 28.0 Å². The Hall–Kier alpha value is -2.50. The minimum Gasteiger partial charge on any atom is -0.479 e. The summed E-state index contributed by atoms with van der Waals surface area (Å²) in [6.45, 7) is 2.29. The lowest BCUT2D eigenvalue weighted by atomic mass is 10.2. The molecule has 2 aromatic carbocycles. The molecule has 3 aromatic rings. The number of ether oxygens (including phenoxy) is 1. The SMILES string of the molecule is CC(Oc1ccc(Cl)cc1Cl)C(=O)Nc1cccc(Cn2cccn2)c1. The second-order valence-electron chi connectivity index (χ2n) is 5.73. The van der Waals surface area contributed by atoms with Crippen LogP contribution in [0.2, 0.25) is 10.0 Å². The molecule has 0 saturated carbocycles. The van der Waals surface area contributed by atoms with Gasteiger partial charge in [-0.25, -0.2) is 0 Å². The number of carbonyl (C=O) groups is 1. The Morgan fingerprint density at radius 1 is 1.23 bits per heavy atom. The summed E-state index contributed by atoms with van der Waals surface area (Å²) in [5.41, 5.74) is 1.72. The standard InChI is InChI=1S/C19H17Cl2N3O2/c1-13(26-18-7-6-15(20)11-17(18)21)19(25)23-16-5-2-4-14(10-16)12-24-9-3-8-22-24/h2-11,13H,12H2,1H3,(H,23,25). The lowest BCUT2D eigenvalue weighted by Crippen LogP contribution is -2.30. The highest BCUT2D eigenvalue weighted by Gasteiger charge is 2.16. The normalized spacial score (nSPS) is 11.8. The van der Waals surface area contributed by atoms with Crippen molar-refractivity contribution in [3.8, 4) is 5.75 Å². The van der Waals surface area contributed by atoms with E-state index in [1.54, 1.807) is 31.3 Å². The van der Waals surface area contributed by atoms with Gasteiger partial charge in [0.2, 0.25) is 0 Å². The van der Waals surface area contributed by atoms with Crippen molar-refractivity contribution in [1.29, 1.82) is 0 Å². The molecular weight excluding hydrogens is 373 g/mol. The van der Waals surface area contributed by atoms with Crippen LogP contribution in [0.25, 0.3) is 0 Å². The molecule has 0 aliphatic rings. The van der Waals surface area contributed by atoms with Crippen LogP contribution in [-0.4, -0.2) is 21.8 Å². The molecule has 0 bridgehead atoms. The van der Waals surface area contributed by atoms with Crippen LogP contribution in [0.1, 0.15) is 12.5 Å². The number of hydrogen-bond donors (Lipinski definition) is 1. The summed E-state index contributed by atoms with van der Waals surface area (Å²) in [6, 6.07) is 14.3. The summed E-state index contributed by atoms with van der Waals surface area (Å²) >= 11 is 11.9. The summed E-state index contributed by atoms with van der Waals surface area (Å²) in [5, 5.41) is 7.90. The molecule has 0 aliphatic heterocycles. The van der Waals surface area contributed by atoms with Crippen molar-refractivity contribution >= 4 is 34.8 Å². The Bertz CT molecular complexity index is 898. The topological polar surface area (TPSA) is 56.1 Å². The van der Waals surface area contributed by atoms with Crippen molar-refractivity contribution in [2.24, 2.45) is 0 Å². The van der Waals surface area contributed by atoms with E-state index in [2.05, 4.69) is 10.4 Å². The van der Waals surface area contributed by atoms with Gasteiger partial charge in [0.25, 0.3) is 5.91 Å². The Balaban J connectivity index is 1.63. The minimum absolute atomic E-state index is 0.271. The number of anilines is 1. The molecule has 7 heteroatoms. The van der Waals surface area contributed by atoms with Gasteiger partial charge in [0, 0.05) is 23.1 Å². The summed E-state index contributed by atoms with van der Waals surface area (Å²) in [4.78, 5) is 12.4. The molecule has 3 rings (SSSR count). The van der Waals surface area contributed by atoms with Gasteiger partial charge in [0.15, 0.2) is 6.10 Å². The Morgan fingerprint density at radius 3 is 2.81 bits per heavy atom. The second kappa shape index (κ2) is 8.25. The predicted molar refractivity (Wildman–Crippen MR) is 103 cm³/mol. The lowest BCUT2D eigenvalue weighted by molar-refractivity contribution is -0.122. The van der Waals surface area contributed by atoms with E-state index in [1.165, 1.54) is 0 Å². The number of carbonyl (C=O) groups excluding carboxylic acids is 1. The van der Waals surface area contributed by atoms with Gasteiger partial charge in [-0.15, -0.1) is 0 Å². The molecule has 0 radical (unpaired) electrons. The summed E-state index contributed by atoms with van der Waals surface area (Å²) in [7, 11) is 0. The van der Waals surface area contributed by atoms with Gasteiger partial charge in [-0.2, -0.15) is 5.10 Å². The van der Waals surface area contributed by atoms with Crippen LogP contribution in [0.5, 0.6) is 5.75 Å². The zero-order valence-electron chi connectivity index (χ0n) is 14.0. The van der Waals surface area contributed by atoms with Crippen molar-refractivity contribution in [3.63, 3.8) is 0 Å².